The van der Waals surface area contributed by atoms with Crippen LogP contribution < -0.4 is 5.32 Å². The Balaban J connectivity index is 1.65. The van der Waals surface area contributed by atoms with Crippen LogP contribution in [-0.2, 0) is 0 Å². The first-order valence-corrected chi connectivity index (χ1v) is 7.44. The number of fused-ring (bicyclic) bond motifs is 1. The van der Waals surface area contributed by atoms with E-state index in [4.69, 9.17) is 0 Å². The molecule has 19 heavy (non-hydrogen) atoms. The van der Waals surface area contributed by atoms with Gasteiger partial charge in [-0.05, 0) is 53.2 Å². The maximum Gasteiger partial charge on any atom is 0.243 e. The fraction of sp³-hybridized carbons (Fsp3) is 0.538. The molecule has 2 atom stereocenters. The lowest BCUT2D eigenvalue weighted by Gasteiger charge is -2.25. The number of rotatable bonds is 3. The molecule has 1 aliphatic rings. The average molecular weight is 325 g/mol. The molecule has 0 aliphatic heterocycles. The topological polar surface area (TPSA) is 62.5 Å². The fourth-order valence-corrected chi connectivity index (χ4v) is 2.94. The summed E-state index contributed by atoms with van der Waals surface area (Å²) in [6.07, 6.45) is 5.86. The van der Waals surface area contributed by atoms with Crippen molar-refractivity contribution < 1.29 is 5.11 Å². The van der Waals surface area contributed by atoms with E-state index in [9.17, 15) is 5.11 Å². The second kappa shape index (κ2) is 5.46. The van der Waals surface area contributed by atoms with Gasteiger partial charge in [-0.2, -0.15) is 4.98 Å². The molecule has 3 rings (SSSR count). The summed E-state index contributed by atoms with van der Waals surface area (Å²) in [5, 5.41) is 17.3. The average Bonchev–Trinajstić information content (AvgIpc) is 2.78. The highest BCUT2D eigenvalue weighted by Gasteiger charge is 2.20. The number of hydrogen-bond donors (Lipinski definition) is 2. The van der Waals surface area contributed by atoms with Crippen LogP contribution in [0.25, 0.3) is 5.65 Å². The third-order valence-corrected chi connectivity index (χ3v) is 4.07. The van der Waals surface area contributed by atoms with Crippen molar-refractivity contribution in [2.75, 3.05) is 11.9 Å². The Bertz CT molecular complexity index is 571. The predicted molar refractivity (Wildman–Crippen MR) is 77.1 cm³/mol. The van der Waals surface area contributed by atoms with E-state index in [0.29, 0.717) is 11.9 Å². The van der Waals surface area contributed by atoms with Crippen LogP contribution in [0.1, 0.15) is 25.7 Å². The molecular formula is C13H17BrN4O. The fourth-order valence-electron chi connectivity index (χ4n) is 2.62. The minimum absolute atomic E-state index is 0.134. The van der Waals surface area contributed by atoms with Crippen molar-refractivity contribution in [2.45, 2.75) is 31.8 Å². The van der Waals surface area contributed by atoms with E-state index in [2.05, 4.69) is 31.3 Å². The Kier molecular flexibility index (Phi) is 3.70. The summed E-state index contributed by atoms with van der Waals surface area (Å²) in [5.74, 6) is 1.17. The van der Waals surface area contributed by atoms with Crippen LogP contribution in [0.4, 0.5) is 5.95 Å². The number of pyridine rings is 1. The zero-order valence-electron chi connectivity index (χ0n) is 10.6. The first-order valence-electron chi connectivity index (χ1n) is 6.64. The van der Waals surface area contributed by atoms with Gasteiger partial charge in [-0.3, -0.25) is 0 Å². The summed E-state index contributed by atoms with van der Waals surface area (Å²) in [7, 11) is 0. The van der Waals surface area contributed by atoms with Crippen LogP contribution in [0.5, 0.6) is 0 Å². The standard InChI is InChI=1S/C13H17BrN4O/c14-10-4-5-12-16-13(17-18(12)8-10)15-7-9-2-1-3-11(19)6-9/h4-5,8-9,11,19H,1-3,6-7H2,(H,15,17). The van der Waals surface area contributed by atoms with Crippen LogP contribution >= 0.6 is 15.9 Å². The minimum atomic E-state index is -0.134. The summed E-state index contributed by atoms with van der Waals surface area (Å²) in [6.45, 7) is 0.828. The van der Waals surface area contributed by atoms with Gasteiger partial charge in [-0.15, -0.1) is 5.10 Å². The number of aliphatic hydroxyl groups excluding tert-OH is 1. The molecule has 2 N–H and O–H groups in total. The largest absolute Gasteiger partial charge is 0.393 e. The van der Waals surface area contributed by atoms with Gasteiger partial charge >= 0.3 is 0 Å². The second-order valence-electron chi connectivity index (χ2n) is 5.15. The summed E-state index contributed by atoms with van der Waals surface area (Å²) < 4.78 is 2.73. The van der Waals surface area contributed by atoms with Gasteiger partial charge in [0.1, 0.15) is 0 Å². The van der Waals surface area contributed by atoms with Gasteiger partial charge in [0.05, 0.1) is 6.10 Å². The molecule has 1 fully saturated rings. The minimum Gasteiger partial charge on any atom is -0.393 e. The number of nitrogens with one attached hydrogen (secondary N) is 1. The van der Waals surface area contributed by atoms with E-state index in [1.165, 1.54) is 6.42 Å². The van der Waals surface area contributed by atoms with Crippen molar-refractivity contribution in [2.24, 2.45) is 5.92 Å². The van der Waals surface area contributed by atoms with Crippen molar-refractivity contribution >= 4 is 27.5 Å². The molecule has 0 aromatic carbocycles. The molecule has 0 bridgehead atoms. The zero-order valence-corrected chi connectivity index (χ0v) is 12.2. The number of aliphatic hydroxyl groups is 1. The van der Waals surface area contributed by atoms with Gasteiger partial charge in [0.25, 0.3) is 0 Å². The van der Waals surface area contributed by atoms with Gasteiger partial charge < -0.3 is 10.4 Å². The summed E-state index contributed by atoms with van der Waals surface area (Å²) in [4.78, 5) is 4.41. The quantitative estimate of drug-likeness (QED) is 0.910. The molecule has 2 aromatic rings. The number of anilines is 1. The molecule has 2 unspecified atom stereocenters. The van der Waals surface area contributed by atoms with Crippen molar-refractivity contribution in [3.63, 3.8) is 0 Å². The Hall–Kier alpha value is -1.14. The lowest BCUT2D eigenvalue weighted by Crippen LogP contribution is -2.25. The molecule has 2 heterocycles. The van der Waals surface area contributed by atoms with Crippen LogP contribution in [0.15, 0.2) is 22.8 Å². The van der Waals surface area contributed by atoms with E-state index >= 15 is 0 Å². The molecule has 6 heteroatoms. The van der Waals surface area contributed by atoms with Gasteiger partial charge in [-0.25, -0.2) is 4.52 Å². The van der Waals surface area contributed by atoms with E-state index in [0.717, 1.165) is 35.9 Å². The molecule has 2 aromatic heterocycles. The predicted octanol–water partition coefficient (Wildman–Crippen LogP) is 2.45. The van der Waals surface area contributed by atoms with E-state index in [1.807, 2.05) is 18.3 Å². The Morgan fingerprint density at radius 1 is 1.42 bits per heavy atom. The van der Waals surface area contributed by atoms with Gasteiger partial charge in [0, 0.05) is 17.2 Å². The molecule has 0 spiro atoms. The summed E-state index contributed by atoms with van der Waals surface area (Å²) in [6, 6.07) is 3.87. The van der Waals surface area contributed by atoms with Crippen LogP contribution in [0.2, 0.25) is 0 Å². The lowest BCUT2D eigenvalue weighted by atomic mass is 9.87. The number of halogens is 1. The normalized spacial score (nSPS) is 23.7. The molecule has 5 nitrogen and oxygen atoms in total. The highest BCUT2D eigenvalue weighted by Crippen LogP contribution is 2.24. The monoisotopic (exact) mass is 324 g/mol. The van der Waals surface area contributed by atoms with Crippen LogP contribution in [-0.4, -0.2) is 32.4 Å². The first-order chi connectivity index (χ1) is 9.20. The van der Waals surface area contributed by atoms with E-state index in [-0.39, 0.29) is 6.10 Å². The highest BCUT2D eigenvalue weighted by molar-refractivity contribution is 9.10. The van der Waals surface area contributed by atoms with Crippen molar-refractivity contribution in [1.82, 2.24) is 14.6 Å². The maximum atomic E-state index is 9.65. The highest BCUT2D eigenvalue weighted by atomic mass is 79.9. The number of hydrogen-bond acceptors (Lipinski definition) is 4. The second-order valence-corrected chi connectivity index (χ2v) is 6.07. The lowest BCUT2D eigenvalue weighted by molar-refractivity contribution is 0.104. The zero-order chi connectivity index (χ0) is 13.2. The van der Waals surface area contributed by atoms with Crippen molar-refractivity contribution in [1.29, 1.82) is 0 Å². The number of nitrogens with zero attached hydrogens (tertiary/aromatic N) is 3. The number of aromatic nitrogens is 3. The molecule has 0 saturated heterocycles. The third-order valence-electron chi connectivity index (χ3n) is 3.60. The maximum absolute atomic E-state index is 9.65. The van der Waals surface area contributed by atoms with Crippen LogP contribution in [0, 0.1) is 5.92 Å². The smallest absolute Gasteiger partial charge is 0.243 e. The van der Waals surface area contributed by atoms with E-state index < -0.39 is 0 Å². The molecule has 102 valence electrons. The first kappa shape index (κ1) is 12.9. The molecular weight excluding hydrogens is 308 g/mol. The molecule has 1 saturated carbocycles. The molecule has 0 radical (unpaired) electrons. The Labute approximate surface area is 120 Å². The van der Waals surface area contributed by atoms with Gasteiger partial charge in [0.15, 0.2) is 5.65 Å². The Morgan fingerprint density at radius 3 is 3.16 bits per heavy atom. The summed E-state index contributed by atoms with van der Waals surface area (Å²) >= 11 is 3.41. The van der Waals surface area contributed by atoms with E-state index in [1.54, 1.807) is 4.52 Å². The summed E-state index contributed by atoms with van der Waals surface area (Å²) in [5.41, 5.74) is 0.828. The molecule has 0 amide bonds. The van der Waals surface area contributed by atoms with Crippen molar-refractivity contribution in [3.8, 4) is 0 Å². The Morgan fingerprint density at radius 2 is 2.32 bits per heavy atom. The third kappa shape index (κ3) is 3.06. The van der Waals surface area contributed by atoms with Crippen LogP contribution in [0.3, 0.4) is 0 Å². The van der Waals surface area contributed by atoms with Crippen molar-refractivity contribution in [3.05, 3.63) is 22.8 Å². The molecule has 1 aliphatic carbocycles. The van der Waals surface area contributed by atoms with Gasteiger partial charge in [0.2, 0.25) is 5.95 Å². The SMILES string of the molecule is OC1CCCC(CNc2nc3ccc(Br)cn3n2)C1. The van der Waals surface area contributed by atoms with Gasteiger partial charge in [-0.1, -0.05) is 6.42 Å².